The Bertz CT molecular complexity index is 131. The lowest BCUT2D eigenvalue weighted by Crippen LogP contribution is -2.42. The average Bonchev–Trinajstić information content (AvgIpc) is 2.29. The molecule has 0 N–H and O–H groups in total. The van der Waals surface area contributed by atoms with E-state index in [9.17, 15) is 0 Å². The van der Waals surface area contributed by atoms with E-state index in [4.69, 9.17) is 18.0 Å². The molecule has 92 valence electrons. The second-order valence-electron chi connectivity index (χ2n) is 3.36. The summed E-state index contributed by atoms with van der Waals surface area (Å²) in [6.45, 7) is 3.75. The first-order valence-electron chi connectivity index (χ1n) is 5.48. The van der Waals surface area contributed by atoms with Crippen LogP contribution in [0.5, 0.6) is 0 Å². The van der Waals surface area contributed by atoms with Crippen LogP contribution in [0, 0.1) is 0 Å². The molecule has 0 aliphatic carbocycles. The van der Waals surface area contributed by atoms with Crippen molar-refractivity contribution in [2.75, 3.05) is 34.5 Å². The first-order valence-corrected chi connectivity index (χ1v) is 7.41. The second-order valence-corrected chi connectivity index (χ2v) is 6.46. The summed E-state index contributed by atoms with van der Waals surface area (Å²) in [7, 11) is 2.54. The summed E-state index contributed by atoms with van der Waals surface area (Å²) in [4.78, 5) is 0. The number of ether oxygens (including phenoxy) is 1. The van der Waals surface area contributed by atoms with Crippen LogP contribution in [-0.4, -0.2) is 43.3 Å². The molecular weight excluding hydrogens is 212 g/mol. The summed E-state index contributed by atoms with van der Waals surface area (Å²) < 4.78 is 21.4. The molecule has 0 radical (unpaired) electrons. The molecule has 5 heteroatoms. The zero-order valence-corrected chi connectivity index (χ0v) is 11.4. The fraction of sp³-hybridized carbons (Fsp3) is 1.00. The van der Waals surface area contributed by atoms with Crippen LogP contribution in [0.4, 0.5) is 0 Å². The van der Waals surface area contributed by atoms with Crippen LogP contribution in [0.15, 0.2) is 0 Å². The Morgan fingerprint density at radius 1 is 0.867 bits per heavy atom. The smallest absolute Gasteiger partial charge is 0.381 e. The fourth-order valence-corrected chi connectivity index (χ4v) is 2.99. The van der Waals surface area contributed by atoms with E-state index in [0.29, 0.717) is 0 Å². The summed E-state index contributed by atoms with van der Waals surface area (Å²) in [6, 6.07) is 0.808. The quantitative estimate of drug-likeness (QED) is 0.430. The van der Waals surface area contributed by atoms with Crippen molar-refractivity contribution in [1.82, 2.24) is 0 Å². The molecular formula is C10H24O4Si. The molecule has 0 heterocycles. The molecule has 0 rings (SSSR count). The first kappa shape index (κ1) is 15.1. The van der Waals surface area contributed by atoms with E-state index in [1.165, 1.54) is 6.42 Å². The molecule has 0 unspecified atom stereocenters. The van der Waals surface area contributed by atoms with Gasteiger partial charge < -0.3 is 18.0 Å². The summed E-state index contributed by atoms with van der Waals surface area (Å²) in [5, 5.41) is 0. The lowest BCUT2D eigenvalue weighted by atomic mass is 10.4. The summed E-state index contributed by atoms with van der Waals surface area (Å²) >= 11 is 0. The molecule has 0 aromatic rings. The SMILES string of the molecule is CCCCOCCC[Si](OC)(OC)OC. The molecule has 0 aromatic carbocycles. The van der Waals surface area contributed by atoms with Crippen molar-refractivity contribution in [3.05, 3.63) is 0 Å². The molecule has 0 aromatic heterocycles. The van der Waals surface area contributed by atoms with Crippen molar-refractivity contribution in [2.24, 2.45) is 0 Å². The number of hydrogen-bond acceptors (Lipinski definition) is 4. The summed E-state index contributed by atoms with van der Waals surface area (Å²) in [5.74, 6) is 0. The lowest BCUT2D eigenvalue weighted by molar-refractivity contribution is 0.106. The Kier molecular flexibility index (Phi) is 9.33. The third kappa shape index (κ3) is 6.27. The van der Waals surface area contributed by atoms with E-state index < -0.39 is 8.80 Å². The van der Waals surface area contributed by atoms with Crippen molar-refractivity contribution >= 4 is 8.80 Å². The van der Waals surface area contributed by atoms with Crippen molar-refractivity contribution in [3.63, 3.8) is 0 Å². The molecule has 0 saturated carbocycles. The molecule has 0 fully saturated rings. The van der Waals surface area contributed by atoms with Gasteiger partial charge in [-0.2, -0.15) is 0 Å². The van der Waals surface area contributed by atoms with Gasteiger partial charge in [0.15, 0.2) is 0 Å². The summed E-state index contributed by atoms with van der Waals surface area (Å²) in [5.41, 5.74) is 0. The third-order valence-corrected chi connectivity index (χ3v) is 5.18. The van der Waals surface area contributed by atoms with Crippen LogP contribution in [0.2, 0.25) is 6.04 Å². The van der Waals surface area contributed by atoms with E-state index in [0.717, 1.165) is 32.1 Å². The van der Waals surface area contributed by atoms with E-state index >= 15 is 0 Å². The minimum Gasteiger partial charge on any atom is -0.381 e. The molecule has 0 bridgehead atoms. The van der Waals surface area contributed by atoms with E-state index in [1.54, 1.807) is 21.3 Å². The zero-order valence-electron chi connectivity index (χ0n) is 10.4. The maximum atomic E-state index is 5.46. The Morgan fingerprint density at radius 3 is 1.87 bits per heavy atom. The Labute approximate surface area is 94.2 Å². The van der Waals surface area contributed by atoms with Crippen LogP contribution in [-0.2, 0) is 18.0 Å². The zero-order chi connectivity index (χ0) is 11.6. The highest BCUT2D eigenvalue weighted by Crippen LogP contribution is 2.14. The predicted octanol–water partition coefficient (Wildman–Crippen LogP) is 2.07. The van der Waals surface area contributed by atoms with Crippen LogP contribution in [0.3, 0.4) is 0 Å². The predicted molar refractivity (Wildman–Crippen MR) is 61.9 cm³/mol. The van der Waals surface area contributed by atoms with Crippen molar-refractivity contribution in [3.8, 4) is 0 Å². The molecule has 0 aliphatic heterocycles. The fourth-order valence-electron chi connectivity index (χ4n) is 1.30. The van der Waals surface area contributed by atoms with Gasteiger partial charge in [-0.05, 0) is 12.8 Å². The molecule has 0 atom stereocenters. The van der Waals surface area contributed by atoms with Gasteiger partial charge in [0.25, 0.3) is 0 Å². The van der Waals surface area contributed by atoms with Gasteiger partial charge in [-0.1, -0.05) is 13.3 Å². The van der Waals surface area contributed by atoms with E-state index in [2.05, 4.69) is 6.92 Å². The first-order chi connectivity index (χ1) is 7.24. The average molecular weight is 236 g/mol. The Morgan fingerprint density at radius 2 is 1.40 bits per heavy atom. The Hall–Kier alpha value is 0.0569. The normalized spacial score (nSPS) is 12.0. The molecule has 0 spiro atoms. The highest BCUT2D eigenvalue weighted by Gasteiger charge is 2.36. The number of unbranched alkanes of at least 4 members (excludes halogenated alkanes) is 1. The number of hydrogen-bond donors (Lipinski definition) is 0. The van der Waals surface area contributed by atoms with Crippen molar-refractivity contribution < 1.29 is 18.0 Å². The minimum atomic E-state index is -2.37. The highest BCUT2D eigenvalue weighted by atomic mass is 28.4. The van der Waals surface area contributed by atoms with Crippen LogP contribution < -0.4 is 0 Å². The van der Waals surface area contributed by atoms with Crippen molar-refractivity contribution in [1.29, 1.82) is 0 Å². The maximum absolute atomic E-state index is 5.46. The highest BCUT2D eigenvalue weighted by molar-refractivity contribution is 6.60. The van der Waals surface area contributed by atoms with Gasteiger partial charge in [0.05, 0.1) is 0 Å². The van der Waals surface area contributed by atoms with Gasteiger partial charge in [0, 0.05) is 40.6 Å². The topological polar surface area (TPSA) is 36.9 Å². The largest absolute Gasteiger partial charge is 0.500 e. The molecule has 15 heavy (non-hydrogen) atoms. The van der Waals surface area contributed by atoms with Crippen molar-refractivity contribution in [2.45, 2.75) is 32.2 Å². The van der Waals surface area contributed by atoms with Crippen LogP contribution >= 0.6 is 0 Å². The van der Waals surface area contributed by atoms with Gasteiger partial charge in [-0.3, -0.25) is 0 Å². The molecule has 4 nitrogen and oxygen atoms in total. The summed E-state index contributed by atoms with van der Waals surface area (Å²) in [6.07, 6.45) is 3.22. The third-order valence-electron chi connectivity index (χ3n) is 2.35. The number of rotatable bonds is 10. The molecule has 0 saturated heterocycles. The van der Waals surface area contributed by atoms with Crippen LogP contribution in [0.1, 0.15) is 26.2 Å². The molecule has 0 amide bonds. The van der Waals surface area contributed by atoms with Gasteiger partial charge in [-0.15, -0.1) is 0 Å². The maximum Gasteiger partial charge on any atom is 0.500 e. The standard InChI is InChI=1S/C10H24O4Si/c1-5-6-8-14-9-7-10-15(11-2,12-3)13-4/h5-10H2,1-4H3. The second kappa shape index (κ2) is 9.29. The van der Waals surface area contributed by atoms with E-state index in [-0.39, 0.29) is 0 Å². The van der Waals surface area contributed by atoms with E-state index in [1.807, 2.05) is 0 Å². The monoisotopic (exact) mass is 236 g/mol. The lowest BCUT2D eigenvalue weighted by Gasteiger charge is -2.24. The van der Waals surface area contributed by atoms with Crippen LogP contribution in [0.25, 0.3) is 0 Å². The van der Waals surface area contributed by atoms with Gasteiger partial charge >= 0.3 is 8.80 Å². The molecule has 0 aliphatic rings. The Balaban J connectivity index is 3.54. The van der Waals surface area contributed by atoms with Gasteiger partial charge in [0.2, 0.25) is 0 Å². The van der Waals surface area contributed by atoms with Gasteiger partial charge in [-0.25, -0.2) is 0 Å². The minimum absolute atomic E-state index is 0.755. The van der Waals surface area contributed by atoms with Gasteiger partial charge in [0.1, 0.15) is 0 Å².